The number of thiol groups is 1. The van der Waals surface area contributed by atoms with E-state index in [1.54, 1.807) is 0 Å². The lowest BCUT2D eigenvalue weighted by atomic mass is 9.89. The van der Waals surface area contributed by atoms with Gasteiger partial charge in [-0.2, -0.15) is 12.6 Å². The molecule has 0 bridgehead atoms. The van der Waals surface area contributed by atoms with Crippen LogP contribution in [0.2, 0.25) is 0 Å². The van der Waals surface area contributed by atoms with E-state index in [9.17, 15) is 0 Å². The summed E-state index contributed by atoms with van der Waals surface area (Å²) in [7, 11) is 0. The Morgan fingerprint density at radius 2 is 2.22 bits per heavy atom. The fourth-order valence-electron chi connectivity index (χ4n) is 1.41. The Hall–Kier alpha value is 0.0900. The van der Waals surface area contributed by atoms with E-state index in [1.807, 2.05) is 0 Å². The summed E-state index contributed by atoms with van der Waals surface area (Å²) < 4.78 is 0. The molecule has 0 N–H and O–H groups in total. The second-order valence-corrected chi connectivity index (χ2v) is 3.55. The fraction of sp³-hybridized carbons (Fsp3) is 0.750. The van der Waals surface area contributed by atoms with Crippen LogP contribution in [0.15, 0.2) is 12.7 Å². The van der Waals surface area contributed by atoms with Crippen molar-refractivity contribution < 1.29 is 0 Å². The minimum absolute atomic E-state index is 0.641. The second-order valence-electron chi connectivity index (χ2n) is 2.82. The van der Waals surface area contributed by atoms with Gasteiger partial charge in [0.1, 0.15) is 0 Å². The Morgan fingerprint density at radius 3 is 2.67 bits per heavy atom. The van der Waals surface area contributed by atoms with Crippen LogP contribution in [-0.4, -0.2) is 5.25 Å². The van der Waals surface area contributed by atoms with Crippen LogP contribution in [0.5, 0.6) is 0 Å². The molecule has 0 unspecified atom stereocenters. The first-order chi connectivity index (χ1) is 4.33. The third-order valence-electron chi connectivity index (χ3n) is 2.02. The lowest BCUT2D eigenvalue weighted by molar-refractivity contribution is 0.431. The lowest BCUT2D eigenvalue weighted by Gasteiger charge is -2.22. The average Bonchev–Trinajstić information content (AvgIpc) is 1.88. The van der Waals surface area contributed by atoms with E-state index >= 15 is 0 Å². The van der Waals surface area contributed by atoms with Gasteiger partial charge in [-0.25, -0.2) is 0 Å². The van der Waals surface area contributed by atoms with Crippen LogP contribution in [-0.2, 0) is 0 Å². The maximum atomic E-state index is 4.43. The van der Waals surface area contributed by atoms with Crippen molar-refractivity contribution in [3.8, 4) is 0 Å². The van der Waals surface area contributed by atoms with Crippen molar-refractivity contribution in [3.05, 3.63) is 12.7 Å². The maximum Gasteiger partial charge on any atom is 0.00224 e. The van der Waals surface area contributed by atoms with Gasteiger partial charge in [0.15, 0.2) is 0 Å². The van der Waals surface area contributed by atoms with Gasteiger partial charge >= 0.3 is 0 Å². The van der Waals surface area contributed by atoms with Crippen molar-refractivity contribution in [3.63, 3.8) is 0 Å². The first-order valence-corrected chi connectivity index (χ1v) is 4.15. The Balaban J connectivity index is 2.31. The monoisotopic (exact) mass is 142 g/mol. The van der Waals surface area contributed by atoms with Crippen LogP contribution in [0.1, 0.15) is 25.7 Å². The molecule has 0 nitrogen and oxygen atoms in total. The van der Waals surface area contributed by atoms with Crippen molar-refractivity contribution in [2.24, 2.45) is 5.92 Å². The first-order valence-electron chi connectivity index (χ1n) is 3.63. The van der Waals surface area contributed by atoms with Gasteiger partial charge in [0.2, 0.25) is 0 Å². The summed E-state index contributed by atoms with van der Waals surface area (Å²) >= 11 is 4.43. The molecule has 0 spiro atoms. The summed E-state index contributed by atoms with van der Waals surface area (Å²) in [5.74, 6) is 0.751. The Bertz CT molecular complexity index is 98.7. The molecule has 1 heteroatoms. The Kier molecular flexibility index (Phi) is 2.65. The molecule has 1 rings (SSSR count). The van der Waals surface area contributed by atoms with Crippen molar-refractivity contribution in [2.45, 2.75) is 30.9 Å². The predicted octanol–water partition coefficient (Wildman–Crippen LogP) is 2.66. The smallest absolute Gasteiger partial charge is 0.00224 e. The summed E-state index contributed by atoms with van der Waals surface area (Å²) in [5.41, 5.74) is 0. The molecule has 1 fully saturated rings. The third kappa shape index (κ3) is 2.05. The molecule has 0 aromatic heterocycles. The first kappa shape index (κ1) is 7.20. The van der Waals surface area contributed by atoms with Crippen molar-refractivity contribution in [2.75, 3.05) is 0 Å². The summed E-state index contributed by atoms with van der Waals surface area (Å²) in [6, 6.07) is 0. The highest BCUT2D eigenvalue weighted by atomic mass is 32.1. The van der Waals surface area contributed by atoms with Crippen LogP contribution < -0.4 is 0 Å². The zero-order valence-electron chi connectivity index (χ0n) is 5.71. The van der Waals surface area contributed by atoms with E-state index in [4.69, 9.17) is 0 Å². The van der Waals surface area contributed by atoms with E-state index in [0.717, 1.165) is 5.92 Å². The van der Waals surface area contributed by atoms with Gasteiger partial charge in [0.05, 0.1) is 0 Å². The van der Waals surface area contributed by atoms with Gasteiger partial charge in [-0.05, 0) is 25.2 Å². The highest BCUT2D eigenvalue weighted by Gasteiger charge is 2.15. The zero-order chi connectivity index (χ0) is 6.69. The molecule has 0 radical (unpaired) electrons. The van der Waals surface area contributed by atoms with Gasteiger partial charge in [-0.1, -0.05) is 12.5 Å². The molecule has 0 saturated heterocycles. The van der Waals surface area contributed by atoms with Gasteiger partial charge < -0.3 is 0 Å². The molecule has 0 amide bonds. The SMILES string of the molecule is C=C[C@H]1CCC[C@H](S)C1. The zero-order valence-corrected chi connectivity index (χ0v) is 6.61. The molecule has 2 atom stereocenters. The second kappa shape index (κ2) is 3.31. The quantitative estimate of drug-likeness (QED) is 0.422. The van der Waals surface area contributed by atoms with Gasteiger partial charge in [0, 0.05) is 5.25 Å². The predicted molar refractivity (Wildman–Crippen MR) is 44.9 cm³/mol. The molecule has 1 aliphatic rings. The van der Waals surface area contributed by atoms with E-state index in [1.165, 1.54) is 25.7 Å². The van der Waals surface area contributed by atoms with Crippen molar-refractivity contribution in [1.29, 1.82) is 0 Å². The molecule has 0 heterocycles. The summed E-state index contributed by atoms with van der Waals surface area (Å²) in [4.78, 5) is 0. The fourth-order valence-corrected chi connectivity index (χ4v) is 1.87. The van der Waals surface area contributed by atoms with E-state index in [-0.39, 0.29) is 0 Å². The van der Waals surface area contributed by atoms with E-state index in [2.05, 4.69) is 25.3 Å². The van der Waals surface area contributed by atoms with E-state index < -0.39 is 0 Å². The van der Waals surface area contributed by atoms with E-state index in [0.29, 0.717) is 5.25 Å². The van der Waals surface area contributed by atoms with Gasteiger partial charge in [-0.15, -0.1) is 6.58 Å². The lowest BCUT2D eigenvalue weighted by Crippen LogP contribution is -2.13. The standard InChI is InChI=1S/C8H14S/c1-2-7-4-3-5-8(9)6-7/h2,7-9H,1,3-6H2/t7-,8-/m0/s1. The average molecular weight is 142 g/mol. The molecule has 1 saturated carbocycles. The van der Waals surface area contributed by atoms with Crippen molar-refractivity contribution in [1.82, 2.24) is 0 Å². The Morgan fingerprint density at radius 1 is 1.44 bits per heavy atom. The van der Waals surface area contributed by atoms with Crippen LogP contribution >= 0.6 is 12.6 Å². The van der Waals surface area contributed by atoms with Crippen LogP contribution in [0.3, 0.4) is 0 Å². The molecule has 1 aliphatic carbocycles. The number of rotatable bonds is 1. The maximum absolute atomic E-state index is 4.43. The number of hydrogen-bond acceptors (Lipinski definition) is 1. The third-order valence-corrected chi connectivity index (χ3v) is 2.49. The summed E-state index contributed by atoms with van der Waals surface area (Å²) in [5, 5.41) is 0.641. The molecule has 0 aromatic rings. The van der Waals surface area contributed by atoms with Crippen LogP contribution in [0.4, 0.5) is 0 Å². The van der Waals surface area contributed by atoms with Crippen LogP contribution in [0.25, 0.3) is 0 Å². The number of hydrogen-bond donors (Lipinski definition) is 1. The molecule has 0 aromatic carbocycles. The minimum atomic E-state index is 0.641. The number of allylic oxidation sites excluding steroid dienone is 1. The topological polar surface area (TPSA) is 0 Å². The summed E-state index contributed by atoms with van der Waals surface area (Å²) in [6.07, 6.45) is 7.29. The summed E-state index contributed by atoms with van der Waals surface area (Å²) in [6.45, 7) is 3.78. The highest BCUT2D eigenvalue weighted by molar-refractivity contribution is 7.80. The van der Waals surface area contributed by atoms with Crippen LogP contribution in [0, 0.1) is 5.92 Å². The molecular formula is C8H14S. The normalized spacial score (nSPS) is 36.1. The van der Waals surface area contributed by atoms with Gasteiger partial charge in [-0.3, -0.25) is 0 Å². The van der Waals surface area contributed by atoms with Gasteiger partial charge in [0.25, 0.3) is 0 Å². The largest absolute Gasteiger partial charge is 0.176 e. The minimum Gasteiger partial charge on any atom is -0.176 e. The highest BCUT2D eigenvalue weighted by Crippen LogP contribution is 2.27. The molecular weight excluding hydrogens is 128 g/mol. The molecule has 0 aliphatic heterocycles. The Labute approximate surface area is 62.8 Å². The van der Waals surface area contributed by atoms with Crippen molar-refractivity contribution >= 4 is 12.6 Å². The molecule has 52 valence electrons. The molecule has 9 heavy (non-hydrogen) atoms.